The summed E-state index contributed by atoms with van der Waals surface area (Å²) in [6, 6.07) is 0. The minimum Gasteiger partial charge on any atom is -0.545 e. The lowest BCUT2D eigenvalue weighted by atomic mass is 10.0. The molecular weight excluding hydrogens is 1110 g/mol. The summed E-state index contributed by atoms with van der Waals surface area (Å²) >= 11 is 0. The smallest absolute Gasteiger partial charge is 0.306 e. The van der Waals surface area contributed by atoms with Gasteiger partial charge in [0.15, 0.2) is 12.4 Å². The molecular formula is C81H153NO8. The van der Waals surface area contributed by atoms with Crippen LogP contribution in [0, 0.1) is 0 Å². The van der Waals surface area contributed by atoms with Gasteiger partial charge in [-0.2, -0.15) is 0 Å². The van der Waals surface area contributed by atoms with Gasteiger partial charge in [0, 0.05) is 12.8 Å². The SMILES string of the molecule is CCCCCCC/C=C\C/C=C\C/C=C\CCCCCCCCCCCCCCCCCCC(=O)OC(COC(=O)CCCCCCCCCCCCCCCCCCCCCCCCCCCCCCCCCCCC)COC(OCC[N+](C)(C)C)C(=O)[O-]. The Hall–Kier alpha value is -2.49. The van der Waals surface area contributed by atoms with E-state index in [0.717, 1.165) is 44.9 Å². The highest BCUT2D eigenvalue weighted by molar-refractivity contribution is 5.70. The second-order valence-electron chi connectivity index (χ2n) is 28.4. The number of carboxylic acids is 1. The molecule has 9 heteroatoms. The van der Waals surface area contributed by atoms with Crippen molar-refractivity contribution in [3.05, 3.63) is 36.5 Å². The molecule has 90 heavy (non-hydrogen) atoms. The van der Waals surface area contributed by atoms with Gasteiger partial charge in [0.25, 0.3) is 0 Å². The molecule has 0 heterocycles. The first-order valence-corrected chi connectivity index (χ1v) is 39.6. The van der Waals surface area contributed by atoms with Crippen LogP contribution in [0.3, 0.4) is 0 Å². The summed E-state index contributed by atoms with van der Waals surface area (Å²) in [5.41, 5.74) is 0. The molecule has 0 saturated carbocycles. The van der Waals surface area contributed by atoms with Crippen molar-refractivity contribution >= 4 is 17.9 Å². The third-order valence-electron chi connectivity index (χ3n) is 18.1. The molecule has 0 saturated heterocycles. The lowest BCUT2D eigenvalue weighted by Gasteiger charge is -2.26. The van der Waals surface area contributed by atoms with E-state index in [1.807, 2.05) is 21.1 Å². The number of likely N-dealkylation sites (N-methyl/N-ethyl adjacent to an activating group) is 1. The fourth-order valence-corrected chi connectivity index (χ4v) is 12.1. The molecule has 530 valence electrons. The standard InChI is InChI=1S/C81H153NO8/c1-6-8-10-12-14-16-18-20-22-24-26-28-30-32-34-36-38-39-40-42-43-45-47-49-51-53-55-57-59-61-63-65-67-69-71-78(83)88-75-77(76-89-81(80(85)86)87-74-73-82(3,4)5)90-79(84)72-70-68-66-64-62-60-58-56-54-52-50-48-46-44-41-37-35-33-31-29-27-25-23-21-19-17-15-13-11-9-7-2/h19,21,25,27,31,33,77,81H,6-18,20,22-24,26,28-30,32,34-76H2,1-5H3/b21-19-,27-25-,33-31-. The van der Waals surface area contributed by atoms with E-state index in [1.54, 1.807) is 0 Å². The Morgan fingerprint density at radius 2 is 0.600 bits per heavy atom. The van der Waals surface area contributed by atoms with Crippen molar-refractivity contribution < 1.29 is 42.9 Å². The van der Waals surface area contributed by atoms with Crippen LogP contribution in [0.25, 0.3) is 0 Å². The average molecular weight is 1270 g/mol. The monoisotopic (exact) mass is 1270 g/mol. The molecule has 0 aromatic carbocycles. The zero-order valence-electron chi connectivity index (χ0n) is 60.8. The first-order valence-electron chi connectivity index (χ1n) is 39.6. The van der Waals surface area contributed by atoms with E-state index < -0.39 is 24.3 Å². The number of ether oxygens (including phenoxy) is 4. The summed E-state index contributed by atoms with van der Waals surface area (Å²) in [7, 11) is 5.95. The molecule has 2 unspecified atom stereocenters. The molecule has 2 atom stereocenters. The Kier molecular flexibility index (Phi) is 70.3. The third kappa shape index (κ3) is 72.9. The molecule has 0 N–H and O–H groups in total. The van der Waals surface area contributed by atoms with Gasteiger partial charge in [-0.3, -0.25) is 9.59 Å². The van der Waals surface area contributed by atoms with E-state index in [1.165, 1.54) is 327 Å². The quantitative estimate of drug-likeness (QED) is 0.0195. The van der Waals surface area contributed by atoms with Gasteiger partial charge in [0.05, 0.1) is 40.3 Å². The van der Waals surface area contributed by atoms with Crippen molar-refractivity contribution in [1.82, 2.24) is 0 Å². The van der Waals surface area contributed by atoms with Crippen molar-refractivity contribution in [2.45, 2.75) is 418 Å². The van der Waals surface area contributed by atoms with Crippen LogP contribution >= 0.6 is 0 Å². The highest BCUT2D eigenvalue weighted by Crippen LogP contribution is 2.20. The number of allylic oxidation sites excluding steroid dienone is 6. The topological polar surface area (TPSA) is 111 Å². The Labute approximate surface area is 560 Å². The molecule has 0 aromatic heterocycles. The second-order valence-corrected chi connectivity index (χ2v) is 28.4. The predicted octanol–water partition coefficient (Wildman–Crippen LogP) is 23.8. The minimum atomic E-state index is -1.62. The van der Waals surface area contributed by atoms with E-state index in [9.17, 15) is 19.5 Å². The highest BCUT2D eigenvalue weighted by atomic mass is 16.7. The summed E-state index contributed by atoms with van der Waals surface area (Å²) in [6.45, 7) is 4.82. The van der Waals surface area contributed by atoms with Gasteiger partial charge in [-0.05, 0) is 51.4 Å². The number of carboxylic acid groups (broad SMARTS) is 1. The van der Waals surface area contributed by atoms with Crippen LogP contribution in [-0.2, 0) is 33.3 Å². The van der Waals surface area contributed by atoms with Crippen LogP contribution in [0.15, 0.2) is 36.5 Å². The van der Waals surface area contributed by atoms with Crippen LogP contribution in [-0.4, -0.2) is 82.3 Å². The molecule has 0 aromatic rings. The molecule has 0 radical (unpaired) electrons. The zero-order valence-corrected chi connectivity index (χ0v) is 60.8. The number of unbranched alkanes of at least 4 members (excludes halogenated alkanes) is 54. The van der Waals surface area contributed by atoms with E-state index in [0.29, 0.717) is 23.9 Å². The number of carbonyl (C=O) groups is 3. The number of rotatable bonds is 75. The van der Waals surface area contributed by atoms with E-state index in [4.69, 9.17) is 18.9 Å². The van der Waals surface area contributed by atoms with E-state index in [-0.39, 0.29) is 32.2 Å². The maximum atomic E-state index is 13.0. The Morgan fingerprint density at radius 1 is 0.333 bits per heavy atom. The first kappa shape index (κ1) is 87.5. The molecule has 0 amide bonds. The van der Waals surface area contributed by atoms with Crippen molar-refractivity contribution in [2.75, 3.05) is 47.5 Å². The molecule has 0 fully saturated rings. The summed E-state index contributed by atoms with van der Waals surface area (Å²) in [5, 5.41) is 11.9. The third-order valence-corrected chi connectivity index (χ3v) is 18.1. The fraction of sp³-hybridized carbons (Fsp3) is 0.889. The number of esters is 2. The lowest BCUT2D eigenvalue weighted by Crippen LogP contribution is -2.44. The molecule has 0 aliphatic heterocycles. The van der Waals surface area contributed by atoms with Crippen LogP contribution in [0.5, 0.6) is 0 Å². The number of aliphatic carboxylic acids is 1. The maximum absolute atomic E-state index is 13.0. The van der Waals surface area contributed by atoms with Gasteiger partial charge in [0.2, 0.25) is 0 Å². The van der Waals surface area contributed by atoms with Gasteiger partial charge in [0.1, 0.15) is 13.2 Å². The molecule has 0 rings (SSSR count). The van der Waals surface area contributed by atoms with E-state index >= 15 is 0 Å². The normalized spacial score (nSPS) is 12.8. The van der Waals surface area contributed by atoms with Crippen LogP contribution in [0.1, 0.15) is 406 Å². The number of hydrogen-bond donors (Lipinski definition) is 0. The van der Waals surface area contributed by atoms with Gasteiger partial charge >= 0.3 is 11.9 Å². The predicted molar refractivity (Wildman–Crippen MR) is 385 cm³/mol. The summed E-state index contributed by atoms with van der Waals surface area (Å²) in [4.78, 5) is 37.6. The van der Waals surface area contributed by atoms with Gasteiger partial charge in [-0.25, -0.2) is 0 Å². The largest absolute Gasteiger partial charge is 0.545 e. The summed E-state index contributed by atoms with van der Waals surface area (Å²) < 4.78 is 22.9. The number of hydrogen-bond acceptors (Lipinski definition) is 8. The van der Waals surface area contributed by atoms with Crippen LogP contribution < -0.4 is 5.11 Å². The Balaban J connectivity index is 3.98. The van der Waals surface area contributed by atoms with E-state index in [2.05, 4.69) is 50.3 Å². The second kappa shape index (κ2) is 72.3. The first-order chi connectivity index (χ1) is 44.1. The molecule has 0 aliphatic rings. The molecule has 0 bridgehead atoms. The van der Waals surface area contributed by atoms with Crippen molar-refractivity contribution in [2.24, 2.45) is 0 Å². The van der Waals surface area contributed by atoms with Crippen molar-refractivity contribution in [3.63, 3.8) is 0 Å². The fourth-order valence-electron chi connectivity index (χ4n) is 12.1. The molecule has 0 aliphatic carbocycles. The van der Waals surface area contributed by atoms with Gasteiger partial charge in [-0.15, -0.1) is 0 Å². The number of carbonyl (C=O) groups excluding carboxylic acids is 3. The Bertz CT molecular complexity index is 1570. The average Bonchev–Trinajstić information content (AvgIpc) is 3.63. The van der Waals surface area contributed by atoms with Crippen LogP contribution in [0.2, 0.25) is 0 Å². The van der Waals surface area contributed by atoms with Crippen LogP contribution in [0.4, 0.5) is 0 Å². The number of quaternary nitrogens is 1. The summed E-state index contributed by atoms with van der Waals surface area (Å²) in [6.07, 6.45) is 89.8. The minimum absolute atomic E-state index is 0.151. The van der Waals surface area contributed by atoms with Gasteiger partial charge in [-0.1, -0.05) is 378 Å². The molecule has 0 spiro atoms. The zero-order chi connectivity index (χ0) is 65.4. The lowest BCUT2D eigenvalue weighted by molar-refractivity contribution is -0.870. The Morgan fingerprint density at radius 3 is 0.889 bits per heavy atom. The summed E-state index contributed by atoms with van der Waals surface area (Å²) in [5.74, 6) is -2.25. The van der Waals surface area contributed by atoms with Gasteiger partial charge < -0.3 is 33.3 Å². The maximum Gasteiger partial charge on any atom is 0.306 e. The molecule has 9 nitrogen and oxygen atoms in total. The number of nitrogens with zero attached hydrogens (tertiary/aromatic N) is 1. The van der Waals surface area contributed by atoms with Crippen molar-refractivity contribution in [3.8, 4) is 0 Å². The van der Waals surface area contributed by atoms with Crippen molar-refractivity contribution in [1.29, 1.82) is 0 Å². The highest BCUT2D eigenvalue weighted by Gasteiger charge is 2.22.